The third-order valence-corrected chi connectivity index (χ3v) is 5.25. The van der Waals surface area contributed by atoms with Gasteiger partial charge in [0.05, 0.1) is 17.1 Å². The maximum Gasteiger partial charge on any atom is 0.295 e. The van der Waals surface area contributed by atoms with E-state index in [9.17, 15) is 9.90 Å². The Bertz CT molecular complexity index is 1270. The van der Waals surface area contributed by atoms with Crippen LogP contribution in [-0.2, 0) is 15.3 Å². The molecule has 3 aromatic carbocycles. The molecule has 0 aliphatic carbocycles. The second kappa shape index (κ2) is 9.30. The van der Waals surface area contributed by atoms with Crippen molar-refractivity contribution in [3.8, 4) is 11.4 Å². The number of hydrogen-bond acceptors (Lipinski definition) is 5. The van der Waals surface area contributed by atoms with Gasteiger partial charge in [-0.3, -0.25) is 9.36 Å². The molecule has 0 amide bonds. The largest absolute Gasteiger partial charge is 0.491 e. The monoisotopic (exact) mass is 442 g/mol. The van der Waals surface area contributed by atoms with Crippen molar-refractivity contribution in [2.24, 2.45) is 0 Å². The van der Waals surface area contributed by atoms with E-state index in [2.05, 4.69) is 11.1 Å². The fourth-order valence-corrected chi connectivity index (χ4v) is 3.55. The molecule has 33 heavy (non-hydrogen) atoms. The zero-order valence-electron chi connectivity index (χ0n) is 18.8. The van der Waals surface area contributed by atoms with Crippen LogP contribution in [0, 0.1) is 0 Å². The SMILES string of the molecule is CC(C)Oc1ccc(-n2cnc3cc(/C=C\c4ccc(C(C)(O)OC=O)cc4)ccc32)cc1. The van der Waals surface area contributed by atoms with E-state index in [0.717, 1.165) is 33.6 Å². The van der Waals surface area contributed by atoms with Crippen LogP contribution in [0.2, 0.25) is 0 Å². The van der Waals surface area contributed by atoms with Crippen LogP contribution < -0.4 is 4.74 Å². The molecule has 4 rings (SSSR count). The Labute approximate surface area is 192 Å². The topological polar surface area (TPSA) is 73.6 Å². The highest BCUT2D eigenvalue weighted by Gasteiger charge is 2.23. The van der Waals surface area contributed by atoms with Crippen molar-refractivity contribution < 1.29 is 19.4 Å². The summed E-state index contributed by atoms with van der Waals surface area (Å²) in [6.07, 6.45) is 5.94. The van der Waals surface area contributed by atoms with Crippen molar-refractivity contribution in [2.75, 3.05) is 0 Å². The van der Waals surface area contributed by atoms with Crippen LogP contribution in [0.25, 0.3) is 28.9 Å². The third-order valence-electron chi connectivity index (χ3n) is 5.25. The molecule has 6 heteroatoms. The van der Waals surface area contributed by atoms with E-state index in [4.69, 9.17) is 9.47 Å². The Morgan fingerprint density at radius 2 is 1.64 bits per heavy atom. The Morgan fingerprint density at radius 1 is 0.970 bits per heavy atom. The lowest BCUT2D eigenvalue weighted by atomic mass is 10.0. The van der Waals surface area contributed by atoms with Crippen LogP contribution in [0.1, 0.15) is 37.5 Å². The van der Waals surface area contributed by atoms with E-state index in [1.165, 1.54) is 6.92 Å². The molecule has 0 saturated carbocycles. The maximum atomic E-state index is 10.5. The molecule has 168 valence electrons. The standard InChI is InChI=1S/C27H26N2O4/c1-19(2)33-24-13-11-23(12-14-24)29-17-28-25-16-21(8-15-26(25)29)5-4-20-6-9-22(10-7-20)27(3,31)32-18-30/h4-19,31H,1-3H3/b5-4-. The number of benzene rings is 3. The van der Waals surface area contributed by atoms with Crippen LogP contribution >= 0.6 is 0 Å². The molecule has 0 fully saturated rings. The van der Waals surface area contributed by atoms with Crippen molar-refractivity contribution in [2.45, 2.75) is 32.7 Å². The number of aliphatic hydroxyl groups is 1. The molecule has 1 N–H and O–H groups in total. The van der Waals surface area contributed by atoms with Gasteiger partial charge in [0.25, 0.3) is 6.47 Å². The average molecular weight is 443 g/mol. The van der Waals surface area contributed by atoms with E-state index in [-0.39, 0.29) is 12.6 Å². The summed E-state index contributed by atoms with van der Waals surface area (Å²) >= 11 is 0. The zero-order valence-corrected chi connectivity index (χ0v) is 18.8. The Balaban J connectivity index is 1.51. The van der Waals surface area contributed by atoms with Crippen molar-refractivity contribution in [3.63, 3.8) is 0 Å². The van der Waals surface area contributed by atoms with E-state index < -0.39 is 5.79 Å². The summed E-state index contributed by atoms with van der Waals surface area (Å²) in [5.74, 6) is -0.797. The van der Waals surface area contributed by atoms with Gasteiger partial charge in [-0.2, -0.15) is 0 Å². The van der Waals surface area contributed by atoms with Crippen LogP contribution in [0.5, 0.6) is 5.75 Å². The molecule has 4 aromatic rings. The van der Waals surface area contributed by atoms with Crippen LogP contribution in [0.4, 0.5) is 0 Å². The van der Waals surface area contributed by atoms with Gasteiger partial charge >= 0.3 is 0 Å². The van der Waals surface area contributed by atoms with Gasteiger partial charge in [0.15, 0.2) is 0 Å². The first kappa shape index (κ1) is 22.3. The first-order valence-electron chi connectivity index (χ1n) is 10.7. The highest BCUT2D eigenvalue weighted by molar-refractivity contribution is 5.82. The molecule has 1 heterocycles. The lowest BCUT2D eigenvalue weighted by molar-refractivity contribution is -0.192. The van der Waals surface area contributed by atoms with Crippen LogP contribution in [0.3, 0.4) is 0 Å². The first-order valence-corrected chi connectivity index (χ1v) is 10.7. The minimum absolute atomic E-state index is 0.140. The van der Waals surface area contributed by atoms with Gasteiger partial charge in [-0.1, -0.05) is 42.5 Å². The molecule has 1 unspecified atom stereocenters. The summed E-state index contributed by atoms with van der Waals surface area (Å²) in [7, 11) is 0. The van der Waals surface area contributed by atoms with Gasteiger partial charge in [-0.05, 0) is 61.4 Å². The summed E-state index contributed by atoms with van der Waals surface area (Å²) in [6.45, 7) is 5.68. The molecule has 1 atom stereocenters. The molecular weight excluding hydrogens is 416 g/mol. The smallest absolute Gasteiger partial charge is 0.295 e. The summed E-state index contributed by atoms with van der Waals surface area (Å²) in [4.78, 5) is 15.1. The van der Waals surface area contributed by atoms with Crippen molar-refractivity contribution >= 4 is 29.7 Å². The normalized spacial score (nSPS) is 13.4. The van der Waals surface area contributed by atoms with Gasteiger partial charge in [0.2, 0.25) is 5.79 Å². The van der Waals surface area contributed by atoms with Gasteiger partial charge in [-0.25, -0.2) is 4.98 Å². The number of carbonyl (C=O) groups excluding carboxylic acids is 1. The minimum Gasteiger partial charge on any atom is -0.491 e. The number of imidazole rings is 1. The van der Waals surface area contributed by atoms with E-state index in [1.54, 1.807) is 12.1 Å². The van der Waals surface area contributed by atoms with Crippen LogP contribution in [-0.4, -0.2) is 27.2 Å². The number of carbonyl (C=O) groups is 1. The predicted octanol–water partition coefficient (Wildman–Crippen LogP) is 5.32. The molecule has 6 nitrogen and oxygen atoms in total. The highest BCUT2D eigenvalue weighted by atomic mass is 16.6. The number of ether oxygens (including phenoxy) is 2. The lowest BCUT2D eigenvalue weighted by Gasteiger charge is -2.21. The Kier molecular flexibility index (Phi) is 6.29. The molecule has 1 aromatic heterocycles. The summed E-state index contributed by atoms with van der Waals surface area (Å²) < 4.78 is 12.5. The lowest BCUT2D eigenvalue weighted by Crippen LogP contribution is -2.24. The Hall–Kier alpha value is -3.90. The molecule has 0 bridgehead atoms. The number of nitrogens with zero attached hydrogens (tertiary/aromatic N) is 2. The van der Waals surface area contributed by atoms with Gasteiger partial charge in [0, 0.05) is 18.2 Å². The summed E-state index contributed by atoms with van der Waals surface area (Å²) in [6, 6.07) is 21.3. The fraction of sp³-hybridized carbons (Fsp3) is 0.185. The number of rotatable bonds is 8. The molecule has 0 aliphatic heterocycles. The average Bonchev–Trinajstić information content (AvgIpc) is 3.21. The fourth-order valence-electron chi connectivity index (χ4n) is 3.55. The quantitative estimate of drug-likeness (QED) is 0.227. The van der Waals surface area contributed by atoms with Gasteiger partial charge in [-0.15, -0.1) is 0 Å². The molecular formula is C27H26N2O4. The first-order chi connectivity index (χ1) is 15.9. The predicted molar refractivity (Wildman–Crippen MR) is 129 cm³/mol. The number of fused-ring (bicyclic) bond motifs is 1. The van der Waals surface area contributed by atoms with Gasteiger partial charge in [0.1, 0.15) is 12.1 Å². The second-order valence-corrected chi connectivity index (χ2v) is 8.18. The summed E-state index contributed by atoms with van der Waals surface area (Å²) in [5.41, 5.74) is 5.42. The highest BCUT2D eigenvalue weighted by Crippen LogP contribution is 2.24. The van der Waals surface area contributed by atoms with Crippen LogP contribution in [0.15, 0.2) is 73.1 Å². The summed E-state index contributed by atoms with van der Waals surface area (Å²) in [5, 5.41) is 10.1. The molecule has 0 saturated heterocycles. The van der Waals surface area contributed by atoms with E-state index in [0.29, 0.717) is 5.56 Å². The molecule has 0 spiro atoms. The van der Waals surface area contributed by atoms with E-state index in [1.807, 2.05) is 85.4 Å². The van der Waals surface area contributed by atoms with Crippen molar-refractivity contribution in [1.82, 2.24) is 9.55 Å². The Morgan fingerprint density at radius 3 is 2.30 bits per heavy atom. The maximum absolute atomic E-state index is 10.5. The van der Waals surface area contributed by atoms with E-state index >= 15 is 0 Å². The second-order valence-electron chi connectivity index (χ2n) is 8.18. The third kappa shape index (κ3) is 5.13. The van der Waals surface area contributed by atoms with Crippen molar-refractivity contribution in [3.05, 3.63) is 89.7 Å². The van der Waals surface area contributed by atoms with Gasteiger partial charge < -0.3 is 14.6 Å². The molecule has 0 radical (unpaired) electrons. The number of aromatic nitrogens is 2. The number of hydrogen-bond donors (Lipinski definition) is 1. The van der Waals surface area contributed by atoms with Crippen molar-refractivity contribution in [1.29, 1.82) is 0 Å². The zero-order chi connectivity index (χ0) is 23.4. The minimum atomic E-state index is -1.64. The molecule has 0 aliphatic rings.